The molecule has 0 saturated carbocycles. The second kappa shape index (κ2) is 11.5. The van der Waals surface area contributed by atoms with Crippen LogP contribution in [-0.4, -0.2) is 48.2 Å². The molecule has 0 bridgehead atoms. The third-order valence-electron chi connectivity index (χ3n) is 5.49. The Balaban J connectivity index is 1.60. The van der Waals surface area contributed by atoms with Crippen molar-refractivity contribution >= 4 is 23.5 Å². The Morgan fingerprint density at radius 3 is 2.58 bits per heavy atom. The molecule has 1 atom stereocenters. The number of carbonyl (C=O) groups excluding carboxylic acids is 1. The van der Waals surface area contributed by atoms with Crippen LogP contribution in [-0.2, 0) is 10.5 Å². The Labute approximate surface area is 190 Å². The van der Waals surface area contributed by atoms with E-state index < -0.39 is 0 Å². The van der Waals surface area contributed by atoms with Gasteiger partial charge in [0.2, 0.25) is 0 Å². The highest BCUT2D eigenvalue weighted by atomic mass is 32.2. The number of hydrogen-bond acceptors (Lipinski definition) is 6. The summed E-state index contributed by atoms with van der Waals surface area (Å²) in [6.07, 6.45) is 2.25. The molecule has 1 aromatic heterocycles. The van der Waals surface area contributed by atoms with Gasteiger partial charge in [-0.2, -0.15) is 0 Å². The normalized spacial score (nSPS) is 16.0. The van der Waals surface area contributed by atoms with Crippen molar-refractivity contribution in [2.24, 2.45) is 0 Å². The first-order valence-corrected chi connectivity index (χ1v) is 12.2. The van der Waals surface area contributed by atoms with E-state index in [1.165, 1.54) is 0 Å². The summed E-state index contributed by atoms with van der Waals surface area (Å²) < 4.78 is 5.56. The van der Waals surface area contributed by atoms with E-state index in [9.17, 15) is 4.79 Å². The van der Waals surface area contributed by atoms with Gasteiger partial charge in [-0.15, -0.1) is 0 Å². The maximum atomic E-state index is 12.4. The fourth-order valence-corrected chi connectivity index (χ4v) is 4.33. The Morgan fingerprint density at radius 2 is 1.97 bits per heavy atom. The van der Waals surface area contributed by atoms with Gasteiger partial charge in [0.15, 0.2) is 5.16 Å². The maximum Gasteiger partial charge on any atom is 0.251 e. The van der Waals surface area contributed by atoms with Gasteiger partial charge in [0.1, 0.15) is 5.82 Å². The lowest BCUT2D eigenvalue weighted by atomic mass is 10.1. The van der Waals surface area contributed by atoms with Gasteiger partial charge < -0.3 is 15.0 Å². The van der Waals surface area contributed by atoms with E-state index in [4.69, 9.17) is 14.7 Å². The minimum Gasteiger partial charge on any atom is -0.376 e. The number of ether oxygens (including phenoxy) is 1. The quantitative estimate of drug-likeness (QED) is 0.427. The molecule has 6 nitrogen and oxygen atoms in total. The lowest BCUT2D eigenvalue weighted by Crippen LogP contribution is -2.31. The fraction of sp³-hybridized carbons (Fsp3) is 0.542. The zero-order valence-electron chi connectivity index (χ0n) is 19.1. The number of aromatic nitrogens is 2. The monoisotopic (exact) mass is 442 g/mol. The summed E-state index contributed by atoms with van der Waals surface area (Å²) in [5, 5.41) is 3.77. The van der Waals surface area contributed by atoms with E-state index in [0.717, 1.165) is 60.5 Å². The number of hydrogen-bond donors (Lipinski definition) is 1. The van der Waals surface area contributed by atoms with E-state index in [-0.39, 0.29) is 12.0 Å². The summed E-state index contributed by atoms with van der Waals surface area (Å²) in [4.78, 5) is 24.1. The topological polar surface area (TPSA) is 67.4 Å². The lowest BCUT2D eigenvalue weighted by molar-refractivity contribution is 0.0858. The number of nitrogens with zero attached hydrogens (tertiary/aromatic N) is 3. The number of benzene rings is 1. The van der Waals surface area contributed by atoms with Crippen LogP contribution in [0.3, 0.4) is 0 Å². The largest absolute Gasteiger partial charge is 0.376 e. The van der Waals surface area contributed by atoms with Crippen molar-refractivity contribution < 1.29 is 9.53 Å². The number of carbonyl (C=O) groups is 1. The standard InChI is InChI=1S/C24H34N4O2S/c1-5-28(6-2)22-14-21(17(3)4)26-24(27-22)31-16-18-9-11-19(12-10-18)23(29)25-15-20-8-7-13-30-20/h9-12,14,17,20H,5-8,13,15-16H2,1-4H3,(H,25,29). The average Bonchev–Trinajstić information content (AvgIpc) is 3.31. The smallest absolute Gasteiger partial charge is 0.251 e. The molecule has 1 amide bonds. The SMILES string of the molecule is CCN(CC)c1cc(C(C)C)nc(SCc2ccc(C(=O)NCC3CCCO3)cc2)n1. The highest BCUT2D eigenvalue weighted by Gasteiger charge is 2.17. The molecule has 7 heteroatoms. The number of thioether (sulfide) groups is 1. The summed E-state index contributed by atoms with van der Waals surface area (Å²) in [6, 6.07) is 9.88. The average molecular weight is 443 g/mol. The van der Waals surface area contributed by atoms with E-state index in [1.807, 2.05) is 24.3 Å². The molecule has 3 rings (SSSR count). The van der Waals surface area contributed by atoms with Gasteiger partial charge in [0.05, 0.1) is 6.10 Å². The van der Waals surface area contributed by atoms with Crippen LogP contribution < -0.4 is 10.2 Å². The minimum absolute atomic E-state index is 0.0495. The molecule has 1 aromatic carbocycles. The van der Waals surface area contributed by atoms with Crippen LogP contribution in [0.15, 0.2) is 35.5 Å². The van der Waals surface area contributed by atoms with Gasteiger partial charge >= 0.3 is 0 Å². The molecule has 1 fully saturated rings. The molecule has 1 N–H and O–H groups in total. The first-order valence-electron chi connectivity index (χ1n) is 11.3. The van der Waals surface area contributed by atoms with Gasteiger partial charge in [-0.25, -0.2) is 9.97 Å². The molecule has 1 aliphatic rings. The van der Waals surface area contributed by atoms with Crippen LogP contribution in [0.2, 0.25) is 0 Å². The minimum atomic E-state index is -0.0495. The van der Waals surface area contributed by atoms with E-state index in [1.54, 1.807) is 11.8 Å². The molecule has 1 unspecified atom stereocenters. The lowest BCUT2D eigenvalue weighted by Gasteiger charge is -2.21. The zero-order valence-corrected chi connectivity index (χ0v) is 19.9. The highest BCUT2D eigenvalue weighted by molar-refractivity contribution is 7.98. The number of rotatable bonds is 10. The van der Waals surface area contributed by atoms with Gasteiger partial charge in [-0.05, 0) is 50.3 Å². The second-order valence-electron chi connectivity index (χ2n) is 8.09. The third kappa shape index (κ3) is 6.68. The fourth-order valence-electron chi connectivity index (χ4n) is 3.51. The highest BCUT2D eigenvalue weighted by Crippen LogP contribution is 2.25. The van der Waals surface area contributed by atoms with Gasteiger partial charge in [-0.1, -0.05) is 37.7 Å². The zero-order chi connectivity index (χ0) is 22.2. The Hall–Kier alpha value is -2.12. The van der Waals surface area contributed by atoms with E-state index >= 15 is 0 Å². The van der Waals surface area contributed by atoms with Gasteiger partial charge in [0, 0.05) is 49.3 Å². The van der Waals surface area contributed by atoms with Crippen molar-refractivity contribution in [3.05, 3.63) is 47.2 Å². The first kappa shape index (κ1) is 23.5. The van der Waals surface area contributed by atoms with Gasteiger partial charge in [0.25, 0.3) is 5.91 Å². The maximum absolute atomic E-state index is 12.4. The van der Waals surface area contributed by atoms with Crippen LogP contribution in [0.5, 0.6) is 0 Å². The summed E-state index contributed by atoms with van der Waals surface area (Å²) in [5.41, 5.74) is 2.88. The molecule has 31 heavy (non-hydrogen) atoms. The summed E-state index contributed by atoms with van der Waals surface area (Å²) >= 11 is 1.63. The van der Waals surface area contributed by atoms with Crippen molar-refractivity contribution in [1.82, 2.24) is 15.3 Å². The van der Waals surface area contributed by atoms with Crippen LogP contribution in [0.1, 0.15) is 68.1 Å². The number of nitrogens with one attached hydrogen (secondary N) is 1. The molecular formula is C24H34N4O2S. The first-order chi connectivity index (χ1) is 15.0. The summed E-state index contributed by atoms with van der Waals surface area (Å²) in [6.45, 7) is 11.8. The Bertz CT molecular complexity index is 847. The molecule has 0 radical (unpaired) electrons. The van der Waals surface area contributed by atoms with Crippen molar-refractivity contribution in [3.63, 3.8) is 0 Å². The predicted molar refractivity (Wildman–Crippen MR) is 127 cm³/mol. The molecule has 1 aliphatic heterocycles. The van der Waals surface area contributed by atoms with Crippen LogP contribution in [0, 0.1) is 0 Å². The van der Waals surface area contributed by atoms with E-state index in [2.05, 4.69) is 44.0 Å². The molecule has 2 aromatic rings. The molecule has 0 aliphatic carbocycles. The van der Waals surface area contributed by atoms with Crippen LogP contribution >= 0.6 is 11.8 Å². The second-order valence-corrected chi connectivity index (χ2v) is 9.03. The Kier molecular flexibility index (Phi) is 8.72. The van der Waals surface area contributed by atoms with Crippen molar-refractivity contribution in [1.29, 1.82) is 0 Å². The van der Waals surface area contributed by atoms with Crippen molar-refractivity contribution in [2.45, 2.75) is 63.5 Å². The predicted octanol–water partition coefficient (Wildman–Crippen LogP) is 4.65. The summed E-state index contributed by atoms with van der Waals surface area (Å²) in [7, 11) is 0. The van der Waals surface area contributed by atoms with E-state index in [0.29, 0.717) is 18.0 Å². The third-order valence-corrected chi connectivity index (χ3v) is 6.41. The van der Waals surface area contributed by atoms with Crippen LogP contribution in [0.4, 0.5) is 5.82 Å². The molecule has 0 spiro atoms. The molecule has 168 valence electrons. The number of amides is 1. The van der Waals surface area contributed by atoms with Crippen molar-refractivity contribution in [3.8, 4) is 0 Å². The molecule has 1 saturated heterocycles. The number of anilines is 1. The van der Waals surface area contributed by atoms with Crippen molar-refractivity contribution in [2.75, 3.05) is 31.1 Å². The molecule has 2 heterocycles. The summed E-state index contributed by atoms with van der Waals surface area (Å²) in [5.74, 6) is 2.05. The Morgan fingerprint density at radius 1 is 1.23 bits per heavy atom. The molecular weight excluding hydrogens is 408 g/mol. The van der Waals surface area contributed by atoms with Gasteiger partial charge in [-0.3, -0.25) is 4.79 Å². The van der Waals surface area contributed by atoms with Crippen LogP contribution in [0.25, 0.3) is 0 Å².